The van der Waals surface area contributed by atoms with Gasteiger partial charge in [0.15, 0.2) is 0 Å². The number of hydrogen-bond acceptors (Lipinski definition) is 4. The molecule has 17 heavy (non-hydrogen) atoms. The van der Waals surface area contributed by atoms with Crippen molar-refractivity contribution in [2.45, 2.75) is 13.1 Å². The fourth-order valence-electron chi connectivity index (χ4n) is 1.07. The standard InChI is InChI=1S/C9H10F3N3OS/c1-5-4-6(7(16)13-2-3-17)15-8(14-5)9(10,11)12/h4,17H,2-3H2,1H3,(H,13,16). The molecule has 1 N–H and O–H groups in total. The zero-order valence-corrected chi connectivity index (χ0v) is 9.77. The Morgan fingerprint density at radius 1 is 1.47 bits per heavy atom. The Labute approximate surface area is 101 Å². The molecule has 0 saturated carbocycles. The molecule has 0 aliphatic heterocycles. The number of amides is 1. The Morgan fingerprint density at radius 2 is 2.12 bits per heavy atom. The van der Waals surface area contributed by atoms with Crippen LogP contribution in [0.1, 0.15) is 22.0 Å². The van der Waals surface area contributed by atoms with E-state index in [9.17, 15) is 18.0 Å². The zero-order valence-electron chi connectivity index (χ0n) is 8.88. The number of carbonyl (C=O) groups excluding carboxylic acids is 1. The largest absolute Gasteiger partial charge is 0.451 e. The van der Waals surface area contributed by atoms with E-state index in [1.54, 1.807) is 0 Å². The maximum absolute atomic E-state index is 12.4. The van der Waals surface area contributed by atoms with Crippen molar-refractivity contribution >= 4 is 18.5 Å². The average Bonchev–Trinajstić information content (AvgIpc) is 2.23. The number of nitrogens with one attached hydrogen (secondary N) is 1. The van der Waals surface area contributed by atoms with Gasteiger partial charge in [0.2, 0.25) is 5.82 Å². The molecule has 1 amide bonds. The first-order valence-corrected chi connectivity index (χ1v) is 5.30. The molecule has 94 valence electrons. The molecule has 0 atom stereocenters. The Morgan fingerprint density at radius 3 is 2.65 bits per heavy atom. The number of aromatic nitrogens is 2. The predicted octanol–water partition coefficient (Wildman–Crippen LogP) is 1.46. The topological polar surface area (TPSA) is 54.9 Å². The molecule has 0 aliphatic rings. The minimum absolute atomic E-state index is 0.0864. The minimum atomic E-state index is -4.66. The van der Waals surface area contributed by atoms with Gasteiger partial charge in [0.25, 0.3) is 5.91 Å². The molecule has 1 rings (SSSR count). The van der Waals surface area contributed by atoms with Crippen molar-refractivity contribution in [1.29, 1.82) is 0 Å². The van der Waals surface area contributed by atoms with Gasteiger partial charge in [0.05, 0.1) is 0 Å². The van der Waals surface area contributed by atoms with Crippen molar-refractivity contribution in [3.05, 3.63) is 23.3 Å². The van der Waals surface area contributed by atoms with Gasteiger partial charge in [-0.25, -0.2) is 9.97 Å². The van der Waals surface area contributed by atoms with Gasteiger partial charge < -0.3 is 5.32 Å². The third-order valence-electron chi connectivity index (χ3n) is 1.74. The van der Waals surface area contributed by atoms with E-state index < -0.39 is 17.9 Å². The second kappa shape index (κ2) is 5.35. The van der Waals surface area contributed by atoms with Crippen LogP contribution in [0, 0.1) is 6.92 Å². The van der Waals surface area contributed by atoms with Crippen molar-refractivity contribution < 1.29 is 18.0 Å². The van der Waals surface area contributed by atoms with Crippen molar-refractivity contribution in [2.24, 2.45) is 0 Å². The van der Waals surface area contributed by atoms with Gasteiger partial charge in [0, 0.05) is 18.0 Å². The molecule has 8 heteroatoms. The molecular formula is C9H10F3N3OS. The molecule has 1 heterocycles. The normalized spacial score (nSPS) is 11.4. The lowest BCUT2D eigenvalue weighted by Gasteiger charge is -2.08. The Balaban J connectivity index is 3.01. The number of nitrogens with zero attached hydrogens (tertiary/aromatic N) is 2. The highest BCUT2D eigenvalue weighted by Gasteiger charge is 2.35. The van der Waals surface area contributed by atoms with Crippen LogP contribution in [0.15, 0.2) is 6.07 Å². The van der Waals surface area contributed by atoms with Gasteiger partial charge in [-0.15, -0.1) is 0 Å². The third-order valence-corrected chi connectivity index (χ3v) is 1.96. The Bertz CT molecular complexity index is 422. The lowest BCUT2D eigenvalue weighted by atomic mass is 10.3. The van der Waals surface area contributed by atoms with Gasteiger partial charge in [-0.3, -0.25) is 4.79 Å². The lowest BCUT2D eigenvalue weighted by molar-refractivity contribution is -0.145. The summed E-state index contributed by atoms with van der Waals surface area (Å²) in [6.07, 6.45) is -4.66. The summed E-state index contributed by atoms with van der Waals surface area (Å²) in [5.74, 6) is -1.59. The molecule has 0 aromatic carbocycles. The fraction of sp³-hybridized carbons (Fsp3) is 0.444. The number of carbonyl (C=O) groups is 1. The zero-order chi connectivity index (χ0) is 13.1. The molecule has 0 spiro atoms. The third kappa shape index (κ3) is 3.88. The van der Waals surface area contributed by atoms with Gasteiger partial charge in [0.1, 0.15) is 5.69 Å². The summed E-state index contributed by atoms with van der Waals surface area (Å²) in [6.45, 7) is 1.62. The van der Waals surface area contributed by atoms with Crippen LogP contribution < -0.4 is 5.32 Å². The van der Waals surface area contributed by atoms with Crippen LogP contribution in [0.25, 0.3) is 0 Å². The van der Waals surface area contributed by atoms with Crippen molar-refractivity contribution in [2.75, 3.05) is 12.3 Å². The van der Waals surface area contributed by atoms with Crippen molar-refractivity contribution in [1.82, 2.24) is 15.3 Å². The van der Waals surface area contributed by atoms with Gasteiger partial charge in [-0.2, -0.15) is 25.8 Å². The highest BCUT2D eigenvalue weighted by molar-refractivity contribution is 7.80. The van der Waals surface area contributed by atoms with Crippen LogP contribution in [0.2, 0.25) is 0 Å². The van der Waals surface area contributed by atoms with E-state index in [0.29, 0.717) is 5.75 Å². The maximum atomic E-state index is 12.4. The van der Waals surface area contributed by atoms with E-state index in [1.807, 2.05) is 0 Å². The van der Waals surface area contributed by atoms with Gasteiger partial charge >= 0.3 is 6.18 Å². The van der Waals surface area contributed by atoms with Crippen molar-refractivity contribution in [3.63, 3.8) is 0 Å². The highest BCUT2D eigenvalue weighted by Crippen LogP contribution is 2.26. The van der Waals surface area contributed by atoms with E-state index in [1.165, 1.54) is 13.0 Å². The van der Waals surface area contributed by atoms with E-state index >= 15 is 0 Å². The molecule has 0 fully saturated rings. The van der Waals surface area contributed by atoms with E-state index in [4.69, 9.17) is 0 Å². The summed E-state index contributed by atoms with van der Waals surface area (Å²) >= 11 is 3.87. The first kappa shape index (κ1) is 13.8. The second-order valence-electron chi connectivity index (χ2n) is 3.20. The number of thiol groups is 1. The summed E-state index contributed by atoms with van der Waals surface area (Å²) in [7, 11) is 0. The molecular weight excluding hydrogens is 255 g/mol. The predicted molar refractivity (Wildman–Crippen MR) is 58.0 cm³/mol. The number of aryl methyl sites for hydroxylation is 1. The van der Waals surface area contributed by atoms with E-state index in [0.717, 1.165) is 0 Å². The van der Waals surface area contributed by atoms with Gasteiger partial charge in [-0.1, -0.05) is 0 Å². The number of hydrogen-bond donors (Lipinski definition) is 2. The van der Waals surface area contributed by atoms with Gasteiger partial charge in [-0.05, 0) is 13.0 Å². The quantitative estimate of drug-likeness (QED) is 0.814. The van der Waals surface area contributed by atoms with Crippen LogP contribution in [0.5, 0.6) is 0 Å². The smallest absolute Gasteiger partial charge is 0.350 e. The summed E-state index contributed by atoms with van der Waals surface area (Å²) in [4.78, 5) is 17.9. The summed E-state index contributed by atoms with van der Waals surface area (Å²) in [5, 5.41) is 2.38. The minimum Gasteiger partial charge on any atom is -0.350 e. The fourth-order valence-corrected chi connectivity index (χ4v) is 1.18. The van der Waals surface area contributed by atoms with Crippen LogP contribution in [0.3, 0.4) is 0 Å². The second-order valence-corrected chi connectivity index (χ2v) is 3.64. The summed E-state index contributed by atoms with van der Waals surface area (Å²) < 4.78 is 37.2. The van der Waals surface area contributed by atoms with Crippen LogP contribution in [-0.2, 0) is 6.18 Å². The lowest BCUT2D eigenvalue weighted by Crippen LogP contribution is -2.27. The molecule has 0 unspecified atom stereocenters. The maximum Gasteiger partial charge on any atom is 0.451 e. The van der Waals surface area contributed by atoms with E-state index in [2.05, 4.69) is 27.9 Å². The Hall–Kier alpha value is -1.31. The molecule has 1 aromatic rings. The number of halogens is 3. The van der Waals surface area contributed by atoms with Crippen molar-refractivity contribution in [3.8, 4) is 0 Å². The first-order valence-electron chi connectivity index (χ1n) is 4.66. The first-order chi connectivity index (χ1) is 7.84. The molecule has 0 aliphatic carbocycles. The van der Waals surface area contributed by atoms with Crippen LogP contribution in [0.4, 0.5) is 13.2 Å². The number of alkyl halides is 3. The molecule has 0 bridgehead atoms. The molecule has 0 radical (unpaired) electrons. The van der Waals surface area contributed by atoms with Crippen LogP contribution >= 0.6 is 12.6 Å². The molecule has 4 nitrogen and oxygen atoms in total. The van der Waals surface area contributed by atoms with Crippen LogP contribution in [-0.4, -0.2) is 28.2 Å². The average molecular weight is 265 g/mol. The number of rotatable bonds is 3. The summed E-state index contributed by atoms with van der Waals surface area (Å²) in [6, 6.07) is 1.20. The Kier molecular flexibility index (Phi) is 4.33. The molecule has 1 aromatic heterocycles. The molecule has 0 saturated heterocycles. The SMILES string of the molecule is Cc1cc(C(=O)NCCS)nc(C(F)(F)F)n1. The summed E-state index contributed by atoms with van der Waals surface area (Å²) in [5.41, 5.74) is -0.213. The monoisotopic (exact) mass is 265 g/mol. The van der Waals surface area contributed by atoms with E-state index in [-0.39, 0.29) is 17.9 Å². The highest BCUT2D eigenvalue weighted by atomic mass is 32.1.